The van der Waals surface area contributed by atoms with Crippen LogP contribution in [0.4, 0.5) is 10.1 Å². The summed E-state index contributed by atoms with van der Waals surface area (Å²) in [5.41, 5.74) is 0.267. The third kappa shape index (κ3) is 3.15. The van der Waals surface area contributed by atoms with E-state index in [9.17, 15) is 14.0 Å². The fourth-order valence-corrected chi connectivity index (χ4v) is 2.26. The van der Waals surface area contributed by atoms with Crippen molar-refractivity contribution in [3.63, 3.8) is 0 Å². The largest absolute Gasteiger partial charge is 0.351 e. The maximum absolute atomic E-state index is 12.9. The fourth-order valence-electron chi connectivity index (χ4n) is 2.26. The first-order valence-electron chi connectivity index (χ1n) is 6.67. The van der Waals surface area contributed by atoms with E-state index in [1.807, 2.05) is 20.8 Å². The number of nitrogens with one attached hydrogen (secondary N) is 1. The summed E-state index contributed by atoms with van der Waals surface area (Å²) in [6.07, 6.45) is 0.484. The molecule has 0 aliphatic carbocycles. The number of halogens is 1. The third-order valence-electron chi connectivity index (χ3n) is 3.16. The molecule has 1 fully saturated rings. The Labute approximate surface area is 118 Å². The molecule has 0 spiro atoms. The van der Waals surface area contributed by atoms with Gasteiger partial charge in [0.25, 0.3) is 0 Å². The number of carbonyl (C=O) groups is 2. The van der Waals surface area contributed by atoms with Gasteiger partial charge in [0, 0.05) is 17.8 Å². The SMILES string of the molecule is CC(C)(C)NC(=O)C1CCN(c2ccc(F)cc2)C1=O. The zero-order valence-corrected chi connectivity index (χ0v) is 11.9. The quantitative estimate of drug-likeness (QED) is 0.842. The van der Waals surface area contributed by atoms with E-state index < -0.39 is 5.92 Å². The molecule has 1 atom stereocenters. The molecular formula is C15H19FN2O2. The van der Waals surface area contributed by atoms with Crippen LogP contribution in [0.3, 0.4) is 0 Å². The predicted octanol–water partition coefficient (Wildman–Crippen LogP) is 2.09. The first-order chi connectivity index (χ1) is 9.28. The molecule has 0 saturated carbocycles. The van der Waals surface area contributed by atoms with E-state index in [2.05, 4.69) is 5.32 Å². The number of nitrogens with zero attached hydrogens (tertiary/aromatic N) is 1. The van der Waals surface area contributed by atoms with Gasteiger partial charge >= 0.3 is 0 Å². The molecule has 1 N–H and O–H groups in total. The van der Waals surface area contributed by atoms with E-state index >= 15 is 0 Å². The molecule has 0 radical (unpaired) electrons. The Kier molecular flexibility index (Phi) is 3.79. The summed E-state index contributed by atoms with van der Waals surface area (Å²) in [5, 5.41) is 2.83. The molecule has 20 heavy (non-hydrogen) atoms. The van der Waals surface area contributed by atoms with Crippen LogP contribution in [0.25, 0.3) is 0 Å². The molecule has 1 aromatic carbocycles. The Morgan fingerprint density at radius 1 is 1.30 bits per heavy atom. The second kappa shape index (κ2) is 5.23. The van der Waals surface area contributed by atoms with Gasteiger partial charge < -0.3 is 10.2 Å². The minimum atomic E-state index is -0.653. The molecule has 2 rings (SSSR count). The van der Waals surface area contributed by atoms with Gasteiger partial charge in [-0.3, -0.25) is 9.59 Å². The van der Waals surface area contributed by atoms with Gasteiger partial charge in [-0.1, -0.05) is 0 Å². The second-order valence-corrected chi connectivity index (χ2v) is 6.05. The Hall–Kier alpha value is -1.91. The van der Waals surface area contributed by atoms with Crippen molar-refractivity contribution in [2.24, 2.45) is 5.92 Å². The van der Waals surface area contributed by atoms with Crippen molar-refractivity contribution in [1.29, 1.82) is 0 Å². The van der Waals surface area contributed by atoms with Gasteiger partial charge in [-0.05, 0) is 51.5 Å². The van der Waals surface area contributed by atoms with E-state index in [0.717, 1.165) is 0 Å². The topological polar surface area (TPSA) is 49.4 Å². The molecular weight excluding hydrogens is 259 g/mol. The van der Waals surface area contributed by atoms with Gasteiger partial charge in [-0.15, -0.1) is 0 Å². The summed E-state index contributed by atoms with van der Waals surface area (Å²) in [6, 6.07) is 5.73. The van der Waals surface area contributed by atoms with Gasteiger partial charge in [-0.2, -0.15) is 0 Å². The second-order valence-electron chi connectivity index (χ2n) is 6.05. The maximum atomic E-state index is 12.9. The molecule has 1 heterocycles. The van der Waals surface area contributed by atoms with Gasteiger partial charge in [0.05, 0.1) is 0 Å². The van der Waals surface area contributed by atoms with Crippen LogP contribution in [0.1, 0.15) is 27.2 Å². The number of hydrogen-bond donors (Lipinski definition) is 1. The van der Waals surface area contributed by atoms with Crippen LogP contribution in [-0.4, -0.2) is 23.9 Å². The van der Waals surface area contributed by atoms with Crippen LogP contribution in [0.5, 0.6) is 0 Å². The zero-order chi connectivity index (χ0) is 14.9. The molecule has 0 aromatic heterocycles. The fraction of sp³-hybridized carbons (Fsp3) is 0.467. The van der Waals surface area contributed by atoms with Gasteiger partial charge in [-0.25, -0.2) is 4.39 Å². The van der Waals surface area contributed by atoms with Crippen LogP contribution in [0.15, 0.2) is 24.3 Å². The van der Waals surface area contributed by atoms with Crippen LogP contribution in [0.2, 0.25) is 0 Å². The number of rotatable bonds is 2. The third-order valence-corrected chi connectivity index (χ3v) is 3.16. The lowest BCUT2D eigenvalue weighted by Crippen LogP contribution is -2.45. The van der Waals surface area contributed by atoms with Crippen molar-refractivity contribution in [2.75, 3.05) is 11.4 Å². The first-order valence-corrected chi connectivity index (χ1v) is 6.67. The lowest BCUT2D eigenvalue weighted by atomic mass is 10.0. The van der Waals surface area contributed by atoms with E-state index in [1.165, 1.54) is 17.0 Å². The summed E-state index contributed by atoms with van der Waals surface area (Å²) in [4.78, 5) is 25.9. The average Bonchev–Trinajstić information content (AvgIpc) is 2.70. The monoisotopic (exact) mass is 278 g/mol. The van der Waals surface area contributed by atoms with Gasteiger partial charge in [0.15, 0.2) is 0 Å². The molecule has 5 heteroatoms. The van der Waals surface area contributed by atoms with Gasteiger partial charge in [0.1, 0.15) is 11.7 Å². The number of anilines is 1. The highest BCUT2D eigenvalue weighted by Crippen LogP contribution is 2.25. The predicted molar refractivity (Wildman–Crippen MR) is 74.8 cm³/mol. The summed E-state index contributed by atoms with van der Waals surface area (Å²) in [7, 11) is 0. The molecule has 2 amide bonds. The molecule has 1 aliphatic heterocycles. The molecule has 108 valence electrons. The van der Waals surface area contributed by atoms with Crippen molar-refractivity contribution in [3.8, 4) is 0 Å². The standard InChI is InChI=1S/C15H19FN2O2/c1-15(2,3)17-13(19)12-8-9-18(14(12)20)11-6-4-10(16)5-7-11/h4-7,12H,8-9H2,1-3H3,(H,17,19). The Bertz CT molecular complexity index is 520. The Balaban J connectivity index is 2.09. The Morgan fingerprint density at radius 3 is 2.45 bits per heavy atom. The van der Waals surface area contributed by atoms with Crippen molar-refractivity contribution >= 4 is 17.5 Å². The molecule has 4 nitrogen and oxygen atoms in total. The number of benzene rings is 1. The maximum Gasteiger partial charge on any atom is 0.239 e. The van der Waals surface area contributed by atoms with Crippen LogP contribution in [-0.2, 0) is 9.59 Å². The van der Waals surface area contributed by atoms with Crippen molar-refractivity contribution in [3.05, 3.63) is 30.1 Å². The summed E-state index contributed by atoms with van der Waals surface area (Å²) >= 11 is 0. The van der Waals surface area contributed by atoms with Crippen molar-refractivity contribution in [1.82, 2.24) is 5.32 Å². The average molecular weight is 278 g/mol. The van der Waals surface area contributed by atoms with E-state index in [4.69, 9.17) is 0 Å². The number of hydrogen-bond acceptors (Lipinski definition) is 2. The summed E-state index contributed by atoms with van der Waals surface area (Å²) in [5.74, 6) is -1.47. The number of amides is 2. The van der Waals surface area contributed by atoms with Crippen molar-refractivity contribution < 1.29 is 14.0 Å². The normalized spacial score (nSPS) is 19.3. The van der Waals surface area contributed by atoms with Crippen LogP contribution >= 0.6 is 0 Å². The lowest BCUT2D eigenvalue weighted by molar-refractivity contribution is -0.133. The zero-order valence-electron chi connectivity index (χ0n) is 11.9. The highest BCUT2D eigenvalue weighted by atomic mass is 19.1. The van der Waals surface area contributed by atoms with Crippen LogP contribution in [0, 0.1) is 11.7 Å². The van der Waals surface area contributed by atoms with Gasteiger partial charge in [0.2, 0.25) is 11.8 Å². The summed E-state index contributed by atoms with van der Waals surface area (Å²) in [6.45, 7) is 6.11. The van der Waals surface area contributed by atoms with Crippen LogP contribution < -0.4 is 10.2 Å². The van der Waals surface area contributed by atoms with E-state index in [0.29, 0.717) is 18.7 Å². The van der Waals surface area contributed by atoms with Crippen molar-refractivity contribution in [2.45, 2.75) is 32.7 Å². The molecule has 1 aromatic rings. The first kappa shape index (κ1) is 14.5. The smallest absolute Gasteiger partial charge is 0.239 e. The molecule has 1 aliphatic rings. The van der Waals surface area contributed by atoms with E-state index in [1.54, 1.807) is 12.1 Å². The number of carbonyl (C=O) groups excluding carboxylic acids is 2. The summed E-state index contributed by atoms with van der Waals surface area (Å²) < 4.78 is 12.9. The highest BCUT2D eigenvalue weighted by Gasteiger charge is 2.38. The molecule has 1 unspecified atom stereocenters. The molecule has 1 saturated heterocycles. The minimum absolute atomic E-state index is 0.224. The van der Waals surface area contributed by atoms with E-state index in [-0.39, 0.29) is 23.2 Å². The minimum Gasteiger partial charge on any atom is -0.351 e. The molecule has 0 bridgehead atoms. The lowest BCUT2D eigenvalue weighted by Gasteiger charge is -2.23. The highest BCUT2D eigenvalue weighted by molar-refractivity contribution is 6.09. The Morgan fingerprint density at radius 2 is 1.90 bits per heavy atom.